The van der Waals surface area contributed by atoms with Gasteiger partial charge >= 0.3 is 5.63 Å². The van der Waals surface area contributed by atoms with E-state index >= 15 is 0 Å². The van der Waals surface area contributed by atoms with Crippen LogP contribution in [0.1, 0.15) is 10.4 Å². The Labute approximate surface area is 143 Å². The molecule has 6 heteroatoms. The summed E-state index contributed by atoms with van der Waals surface area (Å²) in [5.41, 5.74) is -0.490. The van der Waals surface area contributed by atoms with Crippen molar-refractivity contribution in [3.63, 3.8) is 0 Å². The van der Waals surface area contributed by atoms with Crippen LogP contribution in [0, 0.1) is 0 Å². The van der Waals surface area contributed by atoms with E-state index in [9.17, 15) is 14.4 Å². The summed E-state index contributed by atoms with van der Waals surface area (Å²) in [6, 6.07) is 17.2. The van der Waals surface area contributed by atoms with Gasteiger partial charge < -0.3 is 14.5 Å². The number of amides is 1. The van der Waals surface area contributed by atoms with E-state index in [0.717, 1.165) is 0 Å². The number of para-hydroxylation sites is 2. The second kappa shape index (κ2) is 7.44. The van der Waals surface area contributed by atoms with E-state index in [1.165, 1.54) is 6.07 Å². The lowest BCUT2D eigenvalue weighted by Crippen LogP contribution is -2.34. The van der Waals surface area contributed by atoms with Crippen molar-refractivity contribution in [3.8, 4) is 5.75 Å². The summed E-state index contributed by atoms with van der Waals surface area (Å²) in [4.78, 5) is 35.8. The van der Waals surface area contributed by atoms with E-state index in [4.69, 9.17) is 9.15 Å². The van der Waals surface area contributed by atoms with Crippen LogP contribution in [-0.2, 0) is 4.79 Å². The third-order valence-corrected chi connectivity index (χ3v) is 3.48. The maximum atomic E-state index is 12.1. The quantitative estimate of drug-likeness (QED) is 0.697. The Balaban J connectivity index is 1.60. The van der Waals surface area contributed by atoms with Gasteiger partial charge in [0, 0.05) is 5.39 Å². The maximum Gasteiger partial charge on any atom is 0.349 e. The highest BCUT2D eigenvalue weighted by Gasteiger charge is 2.14. The number of fused-ring (bicyclic) bond motifs is 1. The van der Waals surface area contributed by atoms with E-state index in [1.54, 1.807) is 48.5 Å². The summed E-state index contributed by atoms with van der Waals surface area (Å²) in [5.74, 6) is -0.410. The molecule has 2 aromatic carbocycles. The van der Waals surface area contributed by atoms with Crippen molar-refractivity contribution in [2.24, 2.45) is 0 Å². The Bertz CT molecular complexity index is 962. The molecule has 0 fully saturated rings. The van der Waals surface area contributed by atoms with E-state index < -0.39 is 11.5 Å². The zero-order valence-electron chi connectivity index (χ0n) is 13.2. The fraction of sp³-hybridized carbons (Fsp3) is 0.105. The lowest BCUT2D eigenvalue weighted by molar-refractivity contribution is -0.120. The molecular weight excluding hydrogens is 322 g/mol. The summed E-state index contributed by atoms with van der Waals surface area (Å²) < 4.78 is 10.4. The summed E-state index contributed by atoms with van der Waals surface area (Å²) in [5, 5.41) is 3.04. The molecule has 0 unspecified atom stereocenters. The first kappa shape index (κ1) is 16.4. The standard InChI is InChI=1S/C19H15NO5/c21-14(12-24-15-7-2-1-3-8-15)11-20-18(22)16-10-13-6-4-5-9-17(13)25-19(16)23/h1-10H,11-12H2,(H,20,22). The number of hydrogen-bond acceptors (Lipinski definition) is 5. The predicted octanol–water partition coefficient (Wildman–Crippen LogP) is 2.17. The molecule has 0 aliphatic carbocycles. The van der Waals surface area contributed by atoms with Crippen LogP contribution < -0.4 is 15.7 Å². The number of carbonyl (C=O) groups excluding carboxylic acids is 2. The van der Waals surface area contributed by atoms with Gasteiger partial charge in [0.25, 0.3) is 5.91 Å². The molecule has 6 nitrogen and oxygen atoms in total. The Morgan fingerprint density at radius 3 is 2.52 bits per heavy atom. The Hall–Kier alpha value is -3.41. The molecule has 0 saturated heterocycles. The topological polar surface area (TPSA) is 85.6 Å². The Morgan fingerprint density at radius 2 is 1.72 bits per heavy atom. The molecule has 0 bridgehead atoms. The van der Waals surface area contributed by atoms with E-state index in [2.05, 4.69) is 5.32 Å². The molecule has 0 spiro atoms. The first-order valence-electron chi connectivity index (χ1n) is 7.64. The molecule has 126 valence electrons. The second-order valence-electron chi connectivity index (χ2n) is 5.31. The second-order valence-corrected chi connectivity index (χ2v) is 5.31. The predicted molar refractivity (Wildman–Crippen MR) is 91.8 cm³/mol. The van der Waals surface area contributed by atoms with E-state index in [0.29, 0.717) is 16.7 Å². The number of ketones is 1. The van der Waals surface area contributed by atoms with Crippen LogP contribution >= 0.6 is 0 Å². The van der Waals surface area contributed by atoms with Gasteiger partial charge in [0.2, 0.25) is 0 Å². The number of Topliss-reactive ketones (excluding diaryl/α,β-unsaturated/α-hetero) is 1. The summed E-state index contributed by atoms with van der Waals surface area (Å²) in [6.45, 7) is -0.408. The van der Waals surface area contributed by atoms with Gasteiger partial charge in [0.1, 0.15) is 23.5 Å². The van der Waals surface area contributed by atoms with Crippen LogP contribution in [0.4, 0.5) is 0 Å². The highest BCUT2D eigenvalue weighted by Crippen LogP contribution is 2.12. The maximum absolute atomic E-state index is 12.1. The highest BCUT2D eigenvalue weighted by atomic mass is 16.5. The smallest absolute Gasteiger partial charge is 0.349 e. The van der Waals surface area contributed by atoms with Crippen molar-refractivity contribution in [2.45, 2.75) is 0 Å². The van der Waals surface area contributed by atoms with Crippen LogP contribution in [0.5, 0.6) is 5.75 Å². The van der Waals surface area contributed by atoms with Crippen LogP contribution in [0.2, 0.25) is 0 Å². The van der Waals surface area contributed by atoms with Gasteiger partial charge in [-0.25, -0.2) is 4.79 Å². The minimum absolute atomic E-state index is 0.143. The normalized spacial score (nSPS) is 10.4. The summed E-state index contributed by atoms with van der Waals surface area (Å²) in [7, 11) is 0. The van der Waals surface area contributed by atoms with Crippen molar-refractivity contribution in [3.05, 3.63) is 76.6 Å². The van der Waals surface area contributed by atoms with Gasteiger partial charge in [-0.15, -0.1) is 0 Å². The van der Waals surface area contributed by atoms with Crippen molar-refractivity contribution >= 4 is 22.7 Å². The van der Waals surface area contributed by atoms with Gasteiger partial charge in [-0.1, -0.05) is 36.4 Å². The van der Waals surface area contributed by atoms with Crippen LogP contribution in [0.15, 0.2) is 69.9 Å². The van der Waals surface area contributed by atoms with Crippen molar-refractivity contribution < 1.29 is 18.7 Å². The lowest BCUT2D eigenvalue weighted by atomic mass is 10.2. The SMILES string of the molecule is O=C(CNC(=O)c1cc2ccccc2oc1=O)COc1ccccc1. The zero-order valence-corrected chi connectivity index (χ0v) is 13.2. The number of ether oxygens (including phenoxy) is 1. The molecule has 0 atom stereocenters. The molecule has 0 radical (unpaired) electrons. The van der Waals surface area contributed by atoms with Crippen LogP contribution in [0.3, 0.4) is 0 Å². The molecule has 1 N–H and O–H groups in total. The fourth-order valence-electron chi connectivity index (χ4n) is 2.23. The van der Waals surface area contributed by atoms with E-state index in [1.807, 2.05) is 6.07 Å². The number of carbonyl (C=O) groups is 2. The van der Waals surface area contributed by atoms with Crippen LogP contribution in [0.25, 0.3) is 11.0 Å². The first-order valence-corrected chi connectivity index (χ1v) is 7.64. The molecule has 1 amide bonds. The largest absolute Gasteiger partial charge is 0.486 e. The highest BCUT2D eigenvalue weighted by molar-refractivity contribution is 5.98. The van der Waals surface area contributed by atoms with Gasteiger partial charge in [0.05, 0.1) is 6.54 Å². The fourth-order valence-corrected chi connectivity index (χ4v) is 2.23. The molecule has 3 rings (SSSR count). The third kappa shape index (κ3) is 4.11. The van der Waals surface area contributed by atoms with E-state index in [-0.39, 0.29) is 24.5 Å². The number of rotatable bonds is 6. The first-order chi connectivity index (χ1) is 12.1. The third-order valence-electron chi connectivity index (χ3n) is 3.48. The Morgan fingerprint density at radius 1 is 1.00 bits per heavy atom. The lowest BCUT2D eigenvalue weighted by Gasteiger charge is -2.07. The minimum Gasteiger partial charge on any atom is -0.486 e. The Kier molecular flexibility index (Phi) is 4.89. The van der Waals surface area contributed by atoms with Crippen molar-refractivity contribution in [1.82, 2.24) is 5.32 Å². The molecule has 1 heterocycles. The molecule has 1 aromatic heterocycles. The van der Waals surface area contributed by atoms with Gasteiger partial charge in [-0.2, -0.15) is 0 Å². The average molecular weight is 337 g/mol. The van der Waals surface area contributed by atoms with Crippen molar-refractivity contribution in [2.75, 3.05) is 13.2 Å². The van der Waals surface area contributed by atoms with Crippen LogP contribution in [-0.4, -0.2) is 24.8 Å². The number of benzene rings is 2. The monoisotopic (exact) mass is 337 g/mol. The molecule has 0 aliphatic heterocycles. The van der Waals surface area contributed by atoms with Gasteiger partial charge in [0.15, 0.2) is 5.78 Å². The molecular formula is C19H15NO5. The average Bonchev–Trinajstić information content (AvgIpc) is 2.64. The molecule has 0 aliphatic rings. The number of hydrogen-bond donors (Lipinski definition) is 1. The van der Waals surface area contributed by atoms with Gasteiger partial charge in [-0.05, 0) is 24.3 Å². The zero-order chi connectivity index (χ0) is 17.6. The summed E-state index contributed by atoms with van der Waals surface area (Å²) >= 11 is 0. The molecule has 0 saturated carbocycles. The molecule has 25 heavy (non-hydrogen) atoms. The van der Waals surface area contributed by atoms with Gasteiger partial charge in [-0.3, -0.25) is 9.59 Å². The number of nitrogens with one attached hydrogen (secondary N) is 1. The molecule has 3 aromatic rings. The minimum atomic E-state index is -0.746. The summed E-state index contributed by atoms with van der Waals surface area (Å²) in [6.07, 6.45) is 0. The van der Waals surface area contributed by atoms with Crippen molar-refractivity contribution in [1.29, 1.82) is 0 Å².